The van der Waals surface area contributed by atoms with Crippen LogP contribution in [0.1, 0.15) is 41.0 Å². The second-order valence-electron chi connectivity index (χ2n) is 7.43. The lowest BCUT2D eigenvalue weighted by Gasteiger charge is -2.17. The minimum atomic E-state index is -0.677. The van der Waals surface area contributed by atoms with Gasteiger partial charge < -0.3 is 10.1 Å². The number of nitrogens with zero attached hydrogens (tertiary/aromatic N) is 1. The van der Waals surface area contributed by atoms with Crippen molar-refractivity contribution in [3.05, 3.63) is 77.0 Å². The van der Waals surface area contributed by atoms with Crippen molar-refractivity contribution in [2.24, 2.45) is 0 Å². The molecule has 0 aliphatic heterocycles. The van der Waals surface area contributed by atoms with E-state index in [4.69, 9.17) is 4.74 Å². The third-order valence-corrected chi connectivity index (χ3v) is 5.21. The quantitative estimate of drug-likeness (QED) is 0.565. The van der Waals surface area contributed by atoms with E-state index in [0.29, 0.717) is 24.1 Å². The number of ketones is 1. The van der Waals surface area contributed by atoms with Crippen LogP contribution in [0.25, 0.3) is 10.9 Å². The first kappa shape index (κ1) is 22.2. The monoisotopic (exact) mass is 418 g/mol. The summed E-state index contributed by atoms with van der Waals surface area (Å²) in [5.41, 5.74) is 3.55. The van der Waals surface area contributed by atoms with Crippen molar-refractivity contribution in [2.75, 3.05) is 6.61 Å². The zero-order chi connectivity index (χ0) is 22.4. The number of carbonyl (C=O) groups excluding carboxylic acids is 3. The third kappa shape index (κ3) is 5.34. The molecule has 1 atom stereocenters. The van der Waals surface area contributed by atoms with E-state index in [1.54, 1.807) is 0 Å². The molecule has 0 bridgehead atoms. The minimum absolute atomic E-state index is 0.161. The fourth-order valence-electron chi connectivity index (χ4n) is 3.55. The number of hydrogen-bond acceptors (Lipinski definition) is 5. The molecule has 3 rings (SSSR count). The summed E-state index contributed by atoms with van der Waals surface area (Å²) in [5.74, 6) is -1.27. The van der Waals surface area contributed by atoms with Crippen molar-refractivity contribution >= 4 is 28.6 Å². The molecule has 1 amide bonds. The largest absolute Gasteiger partial charge is 0.452 e. The first-order valence-electron chi connectivity index (χ1n) is 10.3. The van der Waals surface area contributed by atoms with Crippen molar-refractivity contribution in [3.63, 3.8) is 0 Å². The van der Waals surface area contributed by atoms with E-state index in [9.17, 15) is 14.4 Å². The van der Waals surface area contributed by atoms with Gasteiger partial charge in [0.25, 0.3) is 5.91 Å². The van der Waals surface area contributed by atoms with E-state index in [2.05, 4.69) is 10.3 Å². The summed E-state index contributed by atoms with van der Waals surface area (Å²) >= 11 is 0. The number of Topliss-reactive ketones (excluding diaryl/α,β-unsaturated/α-hetero) is 1. The molecule has 1 N–H and O–H groups in total. The molecule has 0 spiro atoms. The van der Waals surface area contributed by atoms with Crippen molar-refractivity contribution < 1.29 is 19.1 Å². The van der Waals surface area contributed by atoms with E-state index in [1.807, 2.05) is 68.4 Å². The third-order valence-electron chi connectivity index (χ3n) is 5.21. The molecule has 6 heteroatoms. The van der Waals surface area contributed by atoms with Gasteiger partial charge in [-0.05, 0) is 43.9 Å². The number of carbonyl (C=O) groups is 3. The lowest BCUT2D eigenvalue weighted by atomic mass is 10.0. The molecule has 0 fully saturated rings. The Morgan fingerprint density at radius 3 is 2.39 bits per heavy atom. The number of pyridine rings is 1. The number of aryl methyl sites for hydroxylation is 2. The Morgan fingerprint density at radius 2 is 1.71 bits per heavy atom. The molecular formula is C25H26N2O4. The van der Waals surface area contributed by atoms with Gasteiger partial charge in [-0.3, -0.25) is 14.6 Å². The topological polar surface area (TPSA) is 85.4 Å². The zero-order valence-corrected chi connectivity index (χ0v) is 18.0. The van der Waals surface area contributed by atoms with Crippen molar-refractivity contribution in [1.29, 1.82) is 0 Å². The van der Waals surface area contributed by atoms with Gasteiger partial charge in [0.05, 0.1) is 22.8 Å². The molecule has 1 aromatic heterocycles. The molecule has 3 aromatic rings. The normalized spacial score (nSPS) is 11.7. The second kappa shape index (κ2) is 9.98. The average Bonchev–Trinajstić information content (AvgIpc) is 2.77. The summed E-state index contributed by atoms with van der Waals surface area (Å²) in [6.45, 7) is 4.73. The smallest absolute Gasteiger partial charge is 0.340 e. The number of hydrogen-bond donors (Lipinski definition) is 1. The van der Waals surface area contributed by atoms with Gasteiger partial charge in [-0.15, -0.1) is 0 Å². The van der Waals surface area contributed by atoms with E-state index >= 15 is 0 Å². The van der Waals surface area contributed by atoms with Crippen LogP contribution in [0.15, 0.2) is 54.6 Å². The Kier molecular flexibility index (Phi) is 7.13. The number of nitrogens with one attached hydrogen (secondary N) is 1. The van der Waals surface area contributed by atoms with Gasteiger partial charge in [0.15, 0.2) is 12.4 Å². The predicted molar refractivity (Wildman–Crippen MR) is 119 cm³/mol. The van der Waals surface area contributed by atoms with Crippen LogP contribution in [0.5, 0.6) is 0 Å². The predicted octanol–water partition coefficient (Wildman–Crippen LogP) is 3.58. The van der Waals surface area contributed by atoms with Gasteiger partial charge in [-0.1, -0.05) is 55.5 Å². The average molecular weight is 418 g/mol. The highest BCUT2D eigenvalue weighted by molar-refractivity contribution is 5.99. The van der Waals surface area contributed by atoms with Gasteiger partial charge in [0.2, 0.25) is 0 Å². The fourth-order valence-corrected chi connectivity index (χ4v) is 3.55. The van der Waals surface area contributed by atoms with Crippen LogP contribution in [0.4, 0.5) is 0 Å². The van der Waals surface area contributed by atoms with Crippen LogP contribution in [0.2, 0.25) is 0 Å². The number of para-hydroxylation sites is 1. The van der Waals surface area contributed by atoms with Crippen molar-refractivity contribution in [3.8, 4) is 0 Å². The first-order chi connectivity index (χ1) is 14.9. The molecule has 31 heavy (non-hydrogen) atoms. The Morgan fingerprint density at radius 1 is 1.03 bits per heavy atom. The van der Waals surface area contributed by atoms with Gasteiger partial charge >= 0.3 is 5.97 Å². The van der Waals surface area contributed by atoms with E-state index in [0.717, 1.165) is 22.0 Å². The number of fused-ring (bicyclic) bond motifs is 1. The van der Waals surface area contributed by atoms with Gasteiger partial charge in [0, 0.05) is 5.39 Å². The number of esters is 1. The van der Waals surface area contributed by atoms with Gasteiger partial charge in [-0.2, -0.15) is 0 Å². The Hall–Kier alpha value is -3.54. The number of ether oxygens (including phenoxy) is 1. The standard InChI is InChI=1S/C25H26N2O4/c1-4-20-24(16(2)19-12-8-9-13-21(19)26-20)25(30)31-15-23(29)27-22(17(3)28)14-18-10-6-5-7-11-18/h5-13,22H,4,14-15H2,1-3H3,(H,27,29)/t22-/m1/s1. The highest BCUT2D eigenvalue weighted by Gasteiger charge is 2.22. The molecule has 0 saturated heterocycles. The maximum Gasteiger partial charge on any atom is 0.340 e. The summed E-state index contributed by atoms with van der Waals surface area (Å²) in [6, 6.07) is 16.3. The summed E-state index contributed by atoms with van der Waals surface area (Å²) in [4.78, 5) is 41.7. The summed E-state index contributed by atoms with van der Waals surface area (Å²) < 4.78 is 5.29. The minimum Gasteiger partial charge on any atom is -0.452 e. The summed E-state index contributed by atoms with van der Waals surface area (Å²) in [7, 11) is 0. The zero-order valence-electron chi connectivity index (χ0n) is 18.0. The Balaban J connectivity index is 1.69. The van der Waals surface area contributed by atoms with Gasteiger partial charge in [-0.25, -0.2) is 4.79 Å². The SMILES string of the molecule is CCc1nc2ccccc2c(C)c1C(=O)OCC(=O)N[C@H](Cc1ccccc1)C(C)=O. The van der Waals surface area contributed by atoms with Crippen molar-refractivity contribution in [1.82, 2.24) is 10.3 Å². The Labute approximate surface area is 181 Å². The maximum atomic E-state index is 12.8. The molecule has 0 unspecified atom stereocenters. The van der Waals surface area contributed by atoms with E-state index < -0.39 is 24.5 Å². The second-order valence-corrected chi connectivity index (χ2v) is 7.43. The fraction of sp³-hybridized carbons (Fsp3) is 0.280. The molecule has 6 nitrogen and oxygen atoms in total. The molecule has 0 aliphatic rings. The molecule has 160 valence electrons. The summed E-state index contributed by atoms with van der Waals surface area (Å²) in [6.07, 6.45) is 0.940. The van der Waals surface area contributed by atoms with E-state index in [1.165, 1.54) is 6.92 Å². The summed E-state index contributed by atoms with van der Waals surface area (Å²) in [5, 5.41) is 3.53. The molecule has 1 heterocycles. The van der Waals surface area contributed by atoms with Crippen LogP contribution in [0.3, 0.4) is 0 Å². The molecule has 0 aliphatic carbocycles. The number of aromatic nitrogens is 1. The highest BCUT2D eigenvalue weighted by Crippen LogP contribution is 2.24. The molecule has 0 saturated carbocycles. The number of rotatable bonds is 8. The van der Waals surface area contributed by atoms with Crippen LogP contribution >= 0.6 is 0 Å². The number of benzene rings is 2. The van der Waals surface area contributed by atoms with Crippen LogP contribution < -0.4 is 5.32 Å². The van der Waals surface area contributed by atoms with Crippen LogP contribution in [-0.4, -0.2) is 35.3 Å². The lowest BCUT2D eigenvalue weighted by molar-refractivity contribution is -0.128. The molecular weight excluding hydrogens is 392 g/mol. The molecule has 0 radical (unpaired) electrons. The van der Waals surface area contributed by atoms with Gasteiger partial charge in [0.1, 0.15) is 0 Å². The Bertz CT molecular complexity index is 1110. The van der Waals surface area contributed by atoms with Crippen LogP contribution in [0, 0.1) is 6.92 Å². The number of amides is 1. The maximum absolute atomic E-state index is 12.8. The molecule has 2 aromatic carbocycles. The van der Waals surface area contributed by atoms with E-state index in [-0.39, 0.29) is 5.78 Å². The highest BCUT2D eigenvalue weighted by atomic mass is 16.5. The van der Waals surface area contributed by atoms with Crippen molar-refractivity contribution in [2.45, 2.75) is 39.7 Å². The lowest BCUT2D eigenvalue weighted by Crippen LogP contribution is -2.43. The van der Waals surface area contributed by atoms with Crippen LogP contribution in [-0.2, 0) is 27.2 Å². The first-order valence-corrected chi connectivity index (χ1v) is 10.3.